The summed E-state index contributed by atoms with van der Waals surface area (Å²) in [6.07, 6.45) is 8.10. The summed E-state index contributed by atoms with van der Waals surface area (Å²) in [5.41, 5.74) is 1.42. The van der Waals surface area contributed by atoms with E-state index in [0.29, 0.717) is 4.83 Å². The van der Waals surface area contributed by atoms with Gasteiger partial charge in [-0.15, -0.1) is 0 Å². The lowest BCUT2D eigenvalue weighted by molar-refractivity contribution is 0.957. The van der Waals surface area contributed by atoms with Crippen LogP contribution >= 0.6 is 26.0 Å². The van der Waals surface area contributed by atoms with E-state index in [1.54, 1.807) is 0 Å². The maximum absolute atomic E-state index is 3.57. The average Bonchev–Trinajstić information content (AvgIpc) is 2.02. The Morgan fingerprint density at radius 3 is 2.00 bits per heavy atom. The molecule has 0 amide bonds. The molecule has 0 aliphatic rings. The third-order valence-electron chi connectivity index (χ3n) is 2.15. The highest BCUT2D eigenvalue weighted by Crippen LogP contribution is 2.44. The van der Waals surface area contributed by atoms with E-state index in [9.17, 15) is 0 Å². The van der Waals surface area contributed by atoms with Crippen LogP contribution in [0, 0.1) is 0 Å². The predicted molar refractivity (Wildman–Crippen MR) is 72.2 cm³/mol. The second-order valence-corrected chi connectivity index (χ2v) is 10.2. The molecule has 0 nitrogen and oxygen atoms in total. The Balaban J connectivity index is 2.79. The molecule has 0 saturated carbocycles. The minimum Gasteiger partial charge on any atom is -0.223 e. The molecule has 2 heteroatoms. The van der Waals surface area contributed by atoms with Gasteiger partial charge in [-0.25, -0.2) is 10.0 Å². The van der Waals surface area contributed by atoms with Crippen molar-refractivity contribution in [2.45, 2.75) is 23.1 Å². The SMILES string of the molecule is CC(Br)Cc1ccc(S(C)(C)C)cc1. The summed E-state index contributed by atoms with van der Waals surface area (Å²) in [4.78, 5) is 2.05. The lowest BCUT2D eigenvalue weighted by atomic mass is 10.1. The van der Waals surface area contributed by atoms with E-state index < -0.39 is 10.0 Å². The molecule has 1 aromatic rings. The minimum absolute atomic E-state index is 0.560. The molecule has 0 N–H and O–H groups in total. The first kappa shape index (κ1) is 12.1. The molecular weight excluding hydrogens is 256 g/mol. The van der Waals surface area contributed by atoms with Crippen molar-refractivity contribution in [2.24, 2.45) is 0 Å². The van der Waals surface area contributed by atoms with Crippen molar-refractivity contribution < 1.29 is 0 Å². The van der Waals surface area contributed by atoms with Crippen LogP contribution in [0.15, 0.2) is 29.2 Å². The molecular formula is C12H19BrS. The van der Waals surface area contributed by atoms with Gasteiger partial charge in [-0.05, 0) is 47.8 Å². The molecule has 0 spiro atoms. The van der Waals surface area contributed by atoms with Crippen LogP contribution in [0.4, 0.5) is 0 Å². The molecule has 0 aliphatic heterocycles. The number of rotatable bonds is 3. The van der Waals surface area contributed by atoms with Crippen LogP contribution in [0.25, 0.3) is 0 Å². The van der Waals surface area contributed by atoms with Gasteiger partial charge in [0.05, 0.1) is 0 Å². The molecule has 0 heterocycles. The Hall–Kier alpha value is 0.0500. The second-order valence-electron chi connectivity index (χ2n) is 4.47. The first-order valence-corrected chi connectivity index (χ1v) is 8.58. The number of hydrogen-bond donors (Lipinski definition) is 0. The standard InChI is InChI=1S/C12H19BrS/c1-10(13)9-11-5-7-12(8-6-11)14(2,3)4/h5-8,10H,9H2,1-4H3. The summed E-state index contributed by atoms with van der Waals surface area (Å²) < 4.78 is 0. The number of alkyl halides is 1. The van der Waals surface area contributed by atoms with Crippen molar-refractivity contribution in [2.75, 3.05) is 18.8 Å². The molecule has 0 aliphatic carbocycles. The first-order chi connectivity index (χ1) is 6.39. The van der Waals surface area contributed by atoms with Gasteiger partial charge in [0.25, 0.3) is 0 Å². The van der Waals surface area contributed by atoms with E-state index in [4.69, 9.17) is 0 Å². The van der Waals surface area contributed by atoms with E-state index >= 15 is 0 Å². The normalized spacial score (nSPS) is 15.2. The van der Waals surface area contributed by atoms with E-state index in [0.717, 1.165) is 6.42 Å². The van der Waals surface area contributed by atoms with Crippen LogP contribution in [0.3, 0.4) is 0 Å². The van der Waals surface area contributed by atoms with Gasteiger partial charge < -0.3 is 0 Å². The molecule has 1 rings (SSSR count). The predicted octanol–water partition coefficient (Wildman–Crippen LogP) is 4.07. The molecule has 1 atom stereocenters. The monoisotopic (exact) mass is 274 g/mol. The van der Waals surface area contributed by atoms with Crippen molar-refractivity contribution in [3.05, 3.63) is 29.8 Å². The Morgan fingerprint density at radius 2 is 1.64 bits per heavy atom. The lowest BCUT2D eigenvalue weighted by Crippen LogP contribution is -1.97. The van der Waals surface area contributed by atoms with Crippen molar-refractivity contribution in [1.82, 2.24) is 0 Å². The van der Waals surface area contributed by atoms with Crippen LogP contribution in [0.1, 0.15) is 12.5 Å². The van der Waals surface area contributed by atoms with Crippen LogP contribution in [0.2, 0.25) is 0 Å². The van der Waals surface area contributed by atoms with Gasteiger partial charge in [0.1, 0.15) is 0 Å². The summed E-state index contributed by atoms with van der Waals surface area (Å²) in [6, 6.07) is 9.07. The molecule has 0 saturated heterocycles. The molecule has 14 heavy (non-hydrogen) atoms. The second kappa shape index (κ2) is 4.71. The highest BCUT2D eigenvalue weighted by molar-refractivity contribution is 9.09. The topological polar surface area (TPSA) is 0 Å². The minimum atomic E-state index is -0.560. The van der Waals surface area contributed by atoms with E-state index in [2.05, 4.69) is 65.9 Å². The van der Waals surface area contributed by atoms with Crippen LogP contribution in [-0.4, -0.2) is 23.6 Å². The fourth-order valence-electron chi connectivity index (χ4n) is 1.36. The Labute approximate surface area is 97.5 Å². The van der Waals surface area contributed by atoms with E-state index in [-0.39, 0.29) is 0 Å². The maximum atomic E-state index is 3.57. The fraction of sp³-hybridized carbons (Fsp3) is 0.500. The highest BCUT2D eigenvalue weighted by Gasteiger charge is 2.07. The quantitative estimate of drug-likeness (QED) is 0.730. The molecule has 80 valence electrons. The van der Waals surface area contributed by atoms with Gasteiger partial charge in [-0.3, -0.25) is 0 Å². The summed E-state index contributed by atoms with van der Waals surface area (Å²) in [6.45, 7) is 2.18. The summed E-state index contributed by atoms with van der Waals surface area (Å²) in [5.74, 6) is 0. The van der Waals surface area contributed by atoms with Crippen molar-refractivity contribution in [1.29, 1.82) is 0 Å². The van der Waals surface area contributed by atoms with Gasteiger partial charge in [0.2, 0.25) is 0 Å². The third kappa shape index (κ3) is 3.66. The average molecular weight is 275 g/mol. The summed E-state index contributed by atoms with van der Waals surface area (Å²) >= 11 is 3.57. The van der Waals surface area contributed by atoms with Crippen LogP contribution in [-0.2, 0) is 6.42 Å². The zero-order valence-corrected chi connectivity index (χ0v) is 11.8. The highest BCUT2D eigenvalue weighted by atomic mass is 79.9. The molecule has 0 aromatic heterocycles. The molecule has 0 bridgehead atoms. The van der Waals surface area contributed by atoms with Crippen molar-refractivity contribution in [3.63, 3.8) is 0 Å². The summed E-state index contributed by atoms with van der Waals surface area (Å²) in [7, 11) is -0.560. The van der Waals surface area contributed by atoms with Gasteiger partial charge in [0.15, 0.2) is 0 Å². The first-order valence-electron chi connectivity index (χ1n) is 4.81. The van der Waals surface area contributed by atoms with Crippen LogP contribution in [0.5, 0.6) is 0 Å². The Kier molecular flexibility index (Phi) is 4.08. The lowest BCUT2D eigenvalue weighted by Gasteiger charge is -2.25. The maximum Gasteiger partial charge on any atom is 0.0157 e. The largest absolute Gasteiger partial charge is 0.223 e. The zero-order valence-electron chi connectivity index (χ0n) is 9.38. The molecule has 0 fully saturated rings. The Morgan fingerprint density at radius 1 is 1.14 bits per heavy atom. The summed E-state index contributed by atoms with van der Waals surface area (Å²) in [5, 5.41) is 0. The molecule has 1 aromatic carbocycles. The molecule has 1 unspecified atom stereocenters. The van der Waals surface area contributed by atoms with Crippen molar-refractivity contribution >= 4 is 26.0 Å². The number of hydrogen-bond acceptors (Lipinski definition) is 0. The fourth-order valence-corrected chi connectivity index (χ4v) is 2.68. The van der Waals surface area contributed by atoms with E-state index in [1.807, 2.05) is 0 Å². The third-order valence-corrected chi connectivity index (χ3v) is 4.16. The van der Waals surface area contributed by atoms with E-state index in [1.165, 1.54) is 10.5 Å². The van der Waals surface area contributed by atoms with Gasteiger partial charge in [-0.1, -0.05) is 35.0 Å². The van der Waals surface area contributed by atoms with Crippen LogP contribution < -0.4 is 0 Å². The molecule has 0 radical (unpaired) electrons. The van der Waals surface area contributed by atoms with Crippen molar-refractivity contribution in [3.8, 4) is 0 Å². The smallest absolute Gasteiger partial charge is 0.0157 e. The number of benzene rings is 1. The Bertz CT molecular complexity index is 282. The number of halogens is 1. The van der Waals surface area contributed by atoms with Gasteiger partial charge in [0, 0.05) is 4.83 Å². The van der Waals surface area contributed by atoms with Gasteiger partial charge in [-0.2, -0.15) is 0 Å². The zero-order chi connectivity index (χ0) is 10.8. The van der Waals surface area contributed by atoms with Gasteiger partial charge >= 0.3 is 0 Å².